The Hall–Kier alpha value is -5.92. The average Bonchev–Trinajstić information content (AvgIpc) is 3.48. The van der Waals surface area contributed by atoms with Crippen molar-refractivity contribution < 1.29 is 0 Å². The molecule has 0 N–H and O–H groups in total. The molecular formula is C57H49N. The van der Waals surface area contributed by atoms with Gasteiger partial charge in [0.05, 0.1) is 0 Å². The van der Waals surface area contributed by atoms with Gasteiger partial charge in [-0.05, 0) is 182 Å². The highest BCUT2D eigenvalue weighted by Crippen LogP contribution is 2.61. The number of hydrogen-bond donors (Lipinski definition) is 0. The molecule has 4 fully saturated rings. The van der Waals surface area contributed by atoms with Gasteiger partial charge >= 0.3 is 0 Å². The zero-order valence-corrected chi connectivity index (χ0v) is 33.6. The van der Waals surface area contributed by atoms with E-state index in [0.29, 0.717) is 5.41 Å². The minimum atomic E-state index is -0.148. The Labute approximate surface area is 343 Å². The van der Waals surface area contributed by atoms with Crippen molar-refractivity contribution in [3.63, 3.8) is 0 Å². The maximum Gasteiger partial charge on any atom is 0.0468 e. The SMILES string of the molecule is CC1(C)c2cc(-c3ccc(C45CC6CC(CC(C6)C4)C5)cc3)ccc2-c2ccc(N(c3ccc(-c4ccc5ccccc5c4)cc3)c3ccc4ccccc4c3)cc21. The first kappa shape index (κ1) is 34.1. The van der Waals surface area contributed by atoms with Gasteiger partial charge in [-0.2, -0.15) is 0 Å². The molecular weight excluding hydrogens is 699 g/mol. The molecule has 13 rings (SSSR count). The van der Waals surface area contributed by atoms with Crippen molar-refractivity contribution in [1.82, 2.24) is 0 Å². The van der Waals surface area contributed by atoms with Crippen molar-refractivity contribution in [1.29, 1.82) is 0 Å². The number of rotatable bonds is 6. The van der Waals surface area contributed by atoms with Crippen molar-refractivity contribution in [3.8, 4) is 33.4 Å². The number of fused-ring (bicyclic) bond motifs is 5. The molecule has 5 aliphatic carbocycles. The monoisotopic (exact) mass is 747 g/mol. The topological polar surface area (TPSA) is 3.24 Å². The van der Waals surface area contributed by atoms with Crippen LogP contribution in [0.15, 0.2) is 170 Å². The zero-order chi connectivity index (χ0) is 38.6. The highest BCUT2D eigenvalue weighted by molar-refractivity contribution is 5.92. The number of anilines is 3. The van der Waals surface area contributed by atoms with E-state index in [9.17, 15) is 0 Å². The fourth-order valence-electron chi connectivity index (χ4n) is 12.5. The first-order chi connectivity index (χ1) is 28.4. The Bertz CT molecular complexity index is 2860. The fourth-order valence-corrected chi connectivity index (χ4v) is 12.5. The predicted octanol–water partition coefficient (Wildman–Crippen LogP) is 15.6. The maximum atomic E-state index is 2.50. The lowest BCUT2D eigenvalue weighted by atomic mass is 9.48. The molecule has 0 saturated heterocycles. The lowest BCUT2D eigenvalue weighted by Gasteiger charge is -2.57. The van der Waals surface area contributed by atoms with Gasteiger partial charge in [0.2, 0.25) is 0 Å². The molecule has 0 unspecified atom stereocenters. The number of hydrogen-bond acceptors (Lipinski definition) is 1. The van der Waals surface area contributed by atoms with Gasteiger partial charge in [0.25, 0.3) is 0 Å². The number of benzene rings is 8. The van der Waals surface area contributed by atoms with Crippen LogP contribution in [0.5, 0.6) is 0 Å². The number of nitrogens with zero attached hydrogens (tertiary/aromatic N) is 1. The van der Waals surface area contributed by atoms with Crippen LogP contribution in [-0.4, -0.2) is 0 Å². The lowest BCUT2D eigenvalue weighted by Crippen LogP contribution is -2.48. The largest absolute Gasteiger partial charge is 0.310 e. The molecule has 1 heteroatoms. The summed E-state index contributed by atoms with van der Waals surface area (Å²) in [5.74, 6) is 2.90. The highest BCUT2D eigenvalue weighted by Gasteiger charge is 2.51. The third-order valence-electron chi connectivity index (χ3n) is 15.0. The minimum absolute atomic E-state index is 0.148. The van der Waals surface area contributed by atoms with Gasteiger partial charge in [-0.25, -0.2) is 0 Å². The summed E-state index contributed by atoms with van der Waals surface area (Å²) in [5.41, 5.74) is 16.0. The van der Waals surface area contributed by atoms with Crippen LogP contribution in [0.3, 0.4) is 0 Å². The van der Waals surface area contributed by atoms with E-state index in [0.717, 1.165) is 29.1 Å². The highest BCUT2D eigenvalue weighted by atomic mass is 15.1. The standard InChI is InChI=1S/C57H49N/c1-56(2)54-32-47(42-13-19-48(20-14-42)57-34-37-27-38(35-57)29-39(28-37)36-57)18-25-52(54)53-26-24-51(33-55(53)56)58(50-23-17-41-8-4-6-10-45(41)31-50)49-21-15-43(16-22-49)46-12-11-40-7-3-5-9-44(40)30-46/h3-26,30-33,37-39H,27-29,34-36H2,1-2H3. The van der Waals surface area contributed by atoms with Crippen molar-refractivity contribution in [2.24, 2.45) is 17.8 Å². The van der Waals surface area contributed by atoms with Crippen LogP contribution >= 0.6 is 0 Å². The van der Waals surface area contributed by atoms with Crippen molar-refractivity contribution in [2.45, 2.75) is 63.2 Å². The molecule has 4 saturated carbocycles. The van der Waals surface area contributed by atoms with E-state index in [1.54, 1.807) is 5.56 Å². The summed E-state index contributed by atoms with van der Waals surface area (Å²) >= 11 is 0. The molecule has 5 aliphatic rings. The molecule has 0 radical (unpaired) electrons. The first-order valence-corrected chi connectivity index (χ1v) is 21.7. The molecule has 8 aromatic carbocycles. The minimum Gasteiger partial charge on any atom is -0.310 e. The van der Waals surface area contributed by atoms with Crippen molar-refractivity contribution in [2.75, 3.05) is 4.90 Å². The summed E-state index contributed by atoms with van der Waals surface area (Å²) in [6.45, 7) is 4.83. The normalized spacial score (nSPS) is 22.3. The molecule has 0 spiro atoms. The predicted molar refractivity (Wildman–Crippen MR) is 244 cm³/mol. The summed E-state index contributed by atoms with van der Waals surface area (Å²) < 4.78 is 0. The van der Waals surface area contributed by atoms with E-state index in [-0.39, 0.29) is 5.41 Å². The van der Waals surface area contributed by atoms with Gasteiger partial charge < -0.3 is 4.90 Å². The van der Waals surface area contributed by atoms with E-state index in [4.69, 9.17) is 0 Å². The second-order valence-corrected chi connectivity index (χ2v) is 18.9. The van der Waals surface area contributed by atoms with Gasteiger partial charge in [0, 0.05) is 22.5 Å². The maximum absolute atomic E-state index is 2.50. The molecule has 0 atom stereocenters. The van der Waals surface area contributed by atoms with Crippen molar-refractivity contribution >= 4 is 38.6 Å². The van der Waals surface area contributed by atoms with Crippen LogP contribution in [0.2, 0.25) is 0 Å². The van der Waals surface area contributed by atoms with Crippen LogP contribution in [0, 0.1) is 17.8 Å². The lowest BCUT2D eigenvalue weighted by molar-refractivity contribution is -0.00518. The van der Waals surface area contributed by atoms with Gasteiger partial charge in [-0.3, -0.25) is 0 Å². The summed E-state index contributed by atoms with van der Waals surface area (Å²) in [5, 5.41) is 5.03. The molecule has 8 aromatic rings. The van der Waals surface area contributed by atoms with E-state index in [2.05, 4.69) is 189 Å². The fraction of sp³-hybridized carbons (Fsp3) is 0.228. The Morgan fingerprint density at radius 1 is 0.397 bits per heavy atom. The molecule has 4 bridgehead atoms. The quantitative estimate of drug-likeness (QED) is 0.164. The Kier molecular flexibility index (Phi) is 7.53. The van der Waals surface area contributed by atoms with E-state index < -0.39 is 0 Å². The second-order valence-electron chi connectivity index (χ2n) is 18.9. The average molecular weight is 748 g/mol. The Morgan fingerprint density at radius 3 is 1.50 bits per heavy atom. The summed E-state index contributed by atoms with van der Waals surface area (Å²) in [7, 11) is 0. The molecule has 0 heterocycles. The van der Waals surface area contributed by atoms with E-state index in [1.165, 1.54) is 110 Å². The van der Waals surface area contributed by atoms with Gasteiger partial charge in [0.1, 0.15) is 0 Å². The van der Waals surface area contributed by atoms with E-state index in [1.807, 2.05) is 0 Å². The van der Waals surface area contributed by atoms with Gasteiger partial charge in [-0.1, -0.05) is 135 Å². The van der Waals surface area contributed by atoms with E-state index >= 15 is 0 Å². The molecule has 58 heavy (non-hydrogen) atoms. The molecule has 282 valence electrons. The van der Waals surface area contributed by atoms with Crippen LogP contribution in [-0.2, 0) is 10.8 Å². The van der Waals surface area contributed by atoms with Gasteiger partial charge in [-0.15, -0.1) is 0 Å². The summed E-state index contributed by atoms with van der Waals surface area (Å²) in [6, 6.07) is 64.3. The summed E-state index contributed by atoms with van der Waals surface area (Å²) in [6.07, 6.45) is 8.73. The van der Waals surface area contributed by atoms with Gasteiger partial charge in [0.15, 0.2) is 0 Å². The molecule has 0 amide bonds. The van der Waals surface area contributed by atoms with Crippen LogP contribution in [0.4, 0.5) is 17.1 Å². The first-order valence-electron chi connectivity index (χ1n) is 21.7. The Morgan fingerprint density at radius 2 is 0.845 bits per heavy atom. The smallest absolute Gasteiger partial charge is 0.0468 e. The third-order valence-corrected chi connectivity index (χ3v) is 15.0. The molecule has 0 aliphatic heterocycles. The molecule has 0 aromatic heterocycles. The zero-order valence-electron chi connectivity index (χ0n) is 33.6. The third kappa shape index (κ3) is 5.43. The van der Waals surface area contributed by atoms with Crippen LogP contribution < -0.4 is 4.90 Å². The van der Waals surface area contributed by atoms with Crippen molar-refractivity contribution in [3.05, 3.63) is 187 Å². The molecule has 1 nitrogen and oxygen atoms in total. The Balaban J connectivity index is 0.894. The van der Waals surface area contributed by atoms with Crippen LogP contribution in [0.25, 0.3) is 54.9 Å². The second kappa shape index (κ2) is 12.8. The van der Waals surface area contributed by atoms with Crippen LogP contribution in [0.1, 0.15) is 69.1 Å². The summed E-state index contributed by atoms with van der Waals surface area (Å²) in [4.78, 5) is 2.44.